The van der Waals surface area contributed by atoms with Gasteiger partial charge in [-0.25, -0.2) is 0 Å². The van der Waals surface area contributed by atoms with Crippen LogP contribution in [0.5, 0.6) is 0 Å². The van der Waals surface area contributed by atoms with Crippen LogP contribution in [0.3, 0.4) is 0 Å². The van der Waals surface area contributed by atoms with Crippen molar-refractivity contribution >= 4 is 5.91 Å². The zero-order valence-corrected chi connectivity index (χ0v) is 15.8. The lowest BCUT2D eigenvalue weighted by Crippen LogP contribution is -2.48. The molecule has 3 rings (SSSR count). The van der Waals surface area contributed by atoms with Crippen LogP contribution in [-0.4, -0.2) is 85.6 Å². The summed E-state index contributed by atoms with van der Waals surface area (Å²) < 4.78 is 0. The van der Waals surface area contributed by atoms with E-state index < -0.39 is 0 Å². The number of fused-ring (bicyclic) bond motifs is 1. The number of likely N-dealkylation sites (N-methyl/N-ethyl adjacent to an activating group) is 1. The molecule has 138 valence electrons. The van der Waals surface area contributed by atoms with Gasteiger partial charge in [-0.1, -0.05) is 20.8 Å². The van der Waals surface area contributed by atoms with Gasteiger partial charge in [0.15, 0.2) is 0 Å². The Kier molecular flexibility index (Phi) is 6.17. The Labute approximate surface area is 147 Å². The summed E-state index contributed by atoms with van der Waals surface area (Å²) in [6, 6.07) is 0.419. The number of likely N-dealkylation sites (tertiary alicyclic amines) is 1. The lowest BCUT2D eigenvalue weighted by atomic mass is 9.97. The maximum absolute atomic E-state index is 12.0. The normalized spacial score (nSPS) is 32.4. The van der Waals surface area contributed by atoms with Crippen molar-refractivity contribution in [3.63, 3.8) is 0 Å². The number of rotatable bonds is 6. The molecule has 0 aromatic rings. The Balaban J connectivity index is 1.40. The molecule has 1 aliphatic carbocycles. The van der Waals surface area contributed by atoms with Gasteiger partial charge >= 0.3 is 0 Å². The summed E-state index contributed by atoms with van der Waals surface area (Å²) in [6.07, 6.45) is 2.47. The molecule has 3 aliphatic rings. The Morgan fingerprint density at radius 2 is 1.67 bits per heavy atom. The van der Waals surface area contributed by atoms with E-state index in [2.05, 4.69) is 26.9 Å². The third-order valence-corrected chi connectivity index (χ3v) is 6.43. The largest absolute Gasteiger partial charge is 0.353 e. The third-order valence-electron chi connectivity index (χ3n) is 6.43. The first-order valence-electron chi connectivity index (χ1n) is 10.0. The number of piperazine rings is 1. The summed E-state index contributed by atoms with van der Waals surface area (Å²) in [5.41, 5.74) is 0. The number of hydrogen-bond acceptors (Lipinski definition) is 4. The summed E-state index contributed by atoms with van der Waals surface area (Å²) in [6.45, 7) is 17.2. The minimum atomic E-state index is 0.100. The van der Waals surface area contributed by atoms with Gasteiger partial charge in [0.05, 0.1) is 0 Å². The molecule has 0 bridgehead atoms. The fourth-order valence-corrected chi connectivity index (χ4v) is 4.68. The second-order valence-corrected chi connectivity index (χ2v) is 8.31. The van der Waals surface area contributed by atoms with Crippen molar-refractivity contribution in [2.45, 2.75) is 39.7 Å². The van der Waals surface area contributed by atoms with Gasteiger partial charge in [0.25, 0.3) is 0 Å². The molecule has 0 aromatic carbocycles. The minimum absolute atomic E-state index is 0.100. The first kappa shape index (κ1) is 18.2. The zero-order valence-electron chi connectivity index (χ0n) is 15.8. The predicted molar refractivity (Wildman–Crippen MR) is 98.0 cm³/mol. The second kappa shape index (κ2) is 8.15. The highest BCUT2D eigenvalue weighted by Gasteiger charge is 2.43. The fourth-order valence-electron chi connectivity index (χ4n) is 4.68. The first-order chi connectivity index (χ1) is 11.6. The molecule has 0 radical (unpaired) electrons. The quantitative estimate of drug-likeness (QED) is 0.789. The molecule has 3 unspecified atom stereocenters. The van der Waals surface area contributed by atoms with E-state index in [1.54, 1.807) is 0 Å². The van der Waals surface area contributed by atoms with Crippen molar-refractivity contribution in [3.8, 4) is 0 Å². The molecule has 2 heterocycles. The summed E-state index contributed by atoms with van der Waals surface area (Å²) >= 11 is 0. The van der Waals surface area contributed by atoms with Crippen molar-refractivity contribution < 1.29 is 4.79 Å². The molecular formula is C19H36N4O. The summed E-state index contributed by atoms with van der Waals surface area (Å²) in [7, 11) is 0. The molecule has 1 N–H and O–H groups in total. The van der Waals surface area contributed by atoms with Gasteiger partial charge in [0.1, 0.15) is 0 Å². The van der Waals surface area contributed by atoms with Crippen molar-refractivity contribution in [1.82, 2.24) is 20.0 Å². The molecule has 5 nitrogen and oxygen atoms in total. The number of carbonyl (C=O) groups excluding carboxylic acids is 1. The van der Waals surface area contributed by atoms with Gasteiger partial charge in [0, 0.05) is 64.3 Å². The first-order valence-corrected chi connectivity index (χ1v) is 10.0. The molecule has 1 saturated carbocycles. The van der Waals surface area contributed by atoms with Crippen molar-refractivity contribution in [3.05, 3.63) is 0 Å². The van der Waals surface area contributed by atoms with Crippen LogP contribution in [-0.2, 0) is 4.79 Å². The van der Waals surface area contributed by atoms with E-state index in [0.717, 1.165) is 5.92 Å². The maximum atomic E-state index is 12.0. The maximum Gasteiger partial charge on any atom is 0.222 e. The highest BCUT2D eigenvalue weighted by atomic mass is 16.1. The smallest absolute Gasteiger partial charge is 0.222 e. The topological polar surface area (TPSA) is 38.8 Å². The van der Waals surface area contributed by atoms with E-state index >= 15 is 0 Å². The fraction of sp³-hybridized carbons (Fsp3) is 0.947. The molecule has 24 heavy (non-hydrogen) atoms. The number of hydrogen-bond donors (Lipinski definition) is 1. The minimum Gasteiger partial charge on any atom is -0.353 e. The van der Waals surface area contributed by atoms with Gasteiger partial charge in [-0.3, -0.25) is 9.69 Å². The highest BCUT2D eigenvalue weighted by Crippen LogP contribution is 2.38. The van der Waals surface area contributed by atoms with Gasteiger partial charge in [-0.15, -0.1) is 0 Å². The second-order valence-electron chi connectivity index (χ2n) is 8.31. The molecule has 3 atom stereocenters. The molecule has 5 heteroatoms. The molecule has 2 aliphatic heterocycles. The monoisotopic (exact) mass is 336 g/mol. The SMILES string of the molecule is CCN1CCN(CCN2CC3CCC(NC(=O)C(C)C)C3C2)CC1. The van der Waals surface area contributed by atoms with Crippen molar-refractivity contribution in [2.75, 3.05) is 58.9 Å². The third kappa shape index (κ3) is 4.30. The van der Waals surface area contributed by atoms with Crippen LogP contribution >= 0.6 is 0 Å². The number of amides is 1. The predicted octanol–water partition coefficient (Wildman–Crippen LogP) is 1.11. The van der Waals surface area contributed by atoms with Crippen molar-refractivity contribution in [1.29, 1.82) is 0 Å². The van der Waals surface area contributed by atoms with Crippen LogP contribution in [0.2, 0.25) is 0 Å². The number of carbonyl (C=O) groups is 1. The molecule has 2 saturated heterocycles. The number of nitrogens with zero attached hydrogens (tertiary/aromatic N) is 3. The molecule has 0 spiro atoms. The van der Waals surface area contributed by atoms with E-state index in [0.29, 0.717) is 12.0 Å². The summed E-state index contributed by atoms with van der Waals surface area (Å²) in [5, 5.41) is 3.31. The summed E-state index contributed by atoms with van der Waals surface area (Å²) in [5.74, 6) is 1.82. The van der Waals surface area contributed by atoms with Gasteiger partial charge in [0.2, 0.25) is 5.91 Å². The molecule has 1 amide bonds. The Morgan fingerprint density at radius 1 is 1.00 bits per heavy atom. The van der Waals surface area contributed by atoms with E-state index in [1.807, 2.05) is 13.8 Å². The average Bonchev–Trinajstić information content (AvgIpc) is 3.15. The lowest BCUT2D eigenvalue weighted by Gasteiger charge is -2.35. The highest BCUT2D eigenvalue weighted by molar-refractivity contribution is 5.78. The molecule has 3 fully saturated rings. The van der Waals surface area contributed by atoms with E-state index in [1.165, 1.54) is 71.7 Å². The van der Waals surface area contributed by atoms with E-state index in [-0.39, 0.29) is 11.8 Å². The van der Waals surface area contributed by atoms with Crippen LogP contribution in [0.1, 0.15) is 33.6 Å². The zero-order chi connectivity index (χ0) is 17.1. The molecular weight excluding hydrogens is 300 g/mol. The van der Waals surface area contributed by atoms with Crippen molar-refractivity contribution in [2.24, 2.45) is 17.8 Å². The van der Waals surface area contributed by atoms with Crippen LogP contribution in [0, 0.1) is 17.8 Å². The number of nitrogens with one attached hydrogen (secondary N) is 1. The van der Waals surface area contributed by atoms with Gasteiger partial charge < -0.3 is 15.1 Å². The van der Waals surface area contributed by atoms with Crippen LogP contribution in [0.15, 0.2) is 0 Å². The van der Waals surface area contributed by atoms with Gasteiger partial charge in [-0.2, -0.15) is 0 Å². The van der Waals surface area contributed by atoms with Crippen LogP contribution in [0.25, 0.3) is 0 Å². The van der Waals surface area contributed by atoms with Crippen LogP contribution in [0.4, 0.5) is 0 Å². The van der Waals surface area contributed by atoms with Crippen LogP contribution < -0.4 is 5.32 Å². The average molecular weight is 337 g/mol. The Bertz CT molecular complexity index is 420. The van der Waals surface area contributed by atoms with E-state index in [9.17, 15) is 4.79 Å². The Morgan fingerprint density at radius 3 is 2.33 bits per heavy atom. The van der Waals surface area contributed by atoms with Gasteiger partial charge in [-0.05, 0) is 31.2 Å². The summed E-state index contributed by atoms with van der Waals surface area (Å²) in [4.78, 5) is 19.8. The lowest BCUT2D eigenvalue weighted by molar-refractivity contribution is -0.124. The Hall–Kier alpha value is -0.650. The van der Waals surface area contributed by atoms with E-state index in [4.69, 9.17) is 0 Å². The molecule has 0 aromatic heterocycles. The standard InChI is InChI=1S/C19H36N4O/c1-4-21-7-9-22(10-8-21)11-12-23-13-16-5-6-18(17(16)14-23)20-19(24)15(2)3/h15-18H,4-14H2,1-3H3,(H,20,24).